The van der Waals surface area contributed by atoms with E-state index in [0.29, 0.717) is 17.0 Å². The van der Waals surface area contributed by atoms with Crippen molar-refractivity contribution in [1.82, 2.24) is 14.5 Å². The van der Waals surface area contributed by atoms with Crippen molar-refractivity contribution in [3.63, 3.8) is 0 Å². The van der Waals surface area contributed by atoms with Gasteiger partial charge in [-0.1, -0.05) is 51.1 Å². The summed E-state index contributed by atoms with van der Waals surface area (Å²) in [5.74, 6) is 0.870. The van der Waals surface area contributed by atoms with Gasteiger partial charge in [0.05, 0.1) is 27.8 Å². The average molecular weight is 466 g/mol. The number of aromatic nitrogens is 3. The van der Waals surface area contributed by atoms with Gasteiger partial charge in [-0.3, -0.25) is 4.98 Å². The molecule has 2 heterocycles. The zero-order valence-electron chi connectivity index (χ0n) is 24.9. The number of imidazole rings is 1. The summed E-state index contributed by atoms with van der Waals surface area (Å²) in [6.45, 7) is 10.2. The highest BCUT2D eigenvalue weighted by Gasteiger charge is 2.20. The number of hydrogen-bond acceptors (Lipinski definition) is 3. The third-order valence-electron chi connectivity index (χ3n) is 6.45. The van der Waals surface area contributed by atoms with Gasteiger partial charge < -0.3 is 9.67 Å². The fourth-order valence-corrected chi connectivity index (χ4v) is 4.54. The molecule has 0 aliphatic heterocycles. The van der Waals surface area contributed by atoms with Crippen molar-refractivity contribution in [2.45, 2.75) is 40.0 Å². The number of para-hydroxylation sites is 1. The molecule has 0 unspecified atom stereocenters. The summed E-state index contributed by atoms with van der Waals surface area (Å²) in [5.41, 5.74) is 7.52. The Kier molecular flexibility index (Phi) is 4.41. The molecule has 0 atom stereocenters. The van der Waals surface area contributed by atoms with E-state index >= 15 is 0 Å². The van der Waals surface area contributed by atoms with Crippen LogP contribution in [0.3, 0.4) is 0 Å². The Morgan fingerprint density at radius 3 is 2.49 bits per heavy atom. The highest BCUT2D eigenvalue weighted by Crippen LogP contribution is 2.38. The summed E-state index contributed by atoms with van der Waals surface area (Å²) in [6, 6.07) is 15.0. The van der Waals surface area contributed by atoms with Crippen molar-refractivity contribution in [2.24, 2.45) is 7.05 Å². The van der Waals surface area contributed by atoms with E-state index in [4.69, 9.17) is 10.5 Å². The fourth-order valence-electron chi connectivity index (χ4n) is 4.54. The summed E-state index contributed by atoms with van der Waals surface area (Å²) >= 11 is 0. The smallest absolute Gasteiger partial charge is 0.144 e. The van der Waals surface area contributed by atoms with Gasteiger partial charge >= 0.3 is 0 Å². The topological polar surface area (TPSA) is 50.9 Å². The van der Waals surface area contributed by atoms with Gasteiger partial charge in [-0.25, -0.2) is 4.98 Å². The van der Waals surface area contributed by atoms with E-state index in [9.17, 15) is 5.11 Å². The first kappa shape index (κ1) is 18.4. The number of aryl methyl sites for hydroxylation is 3. The van der Waals surface area contributed by atoms with Crippen LogP contribution in [-0.2, 0) is 12.5 Å². The first-order chi connectivity index (χ1) is 18.3. The Balaban J connectivity index is 1.79. The van der Waals surface area contributed by atoms with Crippen molar-refractivity contribution >= 4 is 11.0 Å². The lowest BCUT2D eigenvalue weighted by atomic mass is 9.83. The van der Waals surface area contributed by atoms with Crippen LogP contribution in [0.2, 0.25) is 0 Å². The molecule has 3 aromatic carbocycles. The van der Waals surface area contributed by atoms with E-state index in [1.165, 1.54) is 0 Å². The standard InChI is InChI=1S/C31H31N3O/c1-19-14-20(2)29(35)25(15-19)30-33-28-24(10-9-12-27(28)34(30)6)21-16-22(26-11-7-8-13-32-26)18-23(17-21)31(3,4)5/h7-18,35H,1-6H3/i7D,8D,11D,13D. The molecule has 0 aliphatic rings. The zero-order valence-corrected chi connectivity index (χ0v) is 20.9. The summed E-state index contributed by atoms with van der Waals surface area (Å²) in [7, 11) is 1.94. The molecular weight excluding hydrogens is 430 g/mol. The summed E-state index contributed by atoms with van der Waals surface area (Å²) in [6.07, 6.45) is -0.321. The number of rotatable bonds is 3. The lowest BCUT2D eigenvalue weighted by molar-refractivity contribution is 0.472. The molecule has 0 saturated carbocycles. The van der Waals surface area contributed by atoms with E-state index in [1.807, 2.05) is 67.9 Å². The maximum Gasteiger partial charge on any atom is 0.144 e. The first-order valence-corrected chi connectivity index (χ1v) is 11.6. The van der Waals surface area contributed by atoms with Gasteiger partial charge in [-0.05, 0) is 77.9 Å². The van der Waals surface area contributed by atoms with Crippen LogP contribution in [0, 0.1) is 13.8 Å². The van der Waals surface area contributed by atoms with Gasteiger partial charge in [0, 0.05) is 24.3 Å². The van der Waals surface area contributed by atoms with Crippen LogP contribution in [0.4, 0.5) is 0 Å². The Bertz CT molecular complexity index is 1780. The zero-order chi connectivity index (χ0) is 28.4. The van der Waals surface area contributed by atoms with Gasteiger partial charge in [-0.15, -0.1) is 0 Å². The Morgan fingerprint density at radius 1 is 0.943 bits per heavy atom. The minimum absolute atomic E-state index is 0.170. The van der Waals surface area contributed by atoms with Crippen molar-refractivity contribution in [1.29, 1.82) is 0 Å². The predicted molar refractivity (Wildman–Crippen MR) is 145 cm³/mol. The monoisotopic (exact) mass is 465 g/mol. The number of benzene rings is 3. The molecule has 0 saturated heterocycles. The van der Waals surface area contributed by atoms with E-state index in [1.54, 1.807) is 0 Å². The molecular formula is C31H31N3O. The van der Waals surface area contributed by atoms with E-state index < -0.39 is 0 Å². The van der Waals surface area contributed by atoms with E-state index in [2.05, 4.69) is 31.8 Å². The quantitative estimate of drug-likeness (QED) is 0.299. The van der Waals surface area contributed by atoms with Crippen LogP contribution >= 0.6 is 0 Å². The van der Waals surface area contributed by atoms with E-state index in [-0.39, 0.29) is 41.2 Å². The molecule has 0 aliphatic carbocycles. The second kappa shape index (κ2) is 8.38. The Labute approximate surface area is 212 Å². The SMILES string of the molecule is [2H]c1nc(-c2cc(-c3cccc4c3nc(-c3cc(C)cc(C)c3O)n4C)cc(C(C)(C)C)c2)c([2H])c([2H])c1[2H]. The Morgan fingerprint density at radius 2 is 1.71 bits per heavy atom. The normalized spacial score (nSPS) is 13.4. The second-order valence-corrected chi connectivity index (χ2v) is 10.1. The fraction of sp³-hybridized carbons (Fsp3) is 0.226. The van der Waals surface area contributed by atoms with Crippen LogP contribution < -0.4 is 0 Å². The van der Waals surface area contributed by atoms with Gasteiger partial charge in [0.15, 0.2) is 0 Å². The molecule has 0 bridgehead atoms. The molecule has 0 amide bonds. The second-order valence-electron chi connectivity index (χ2n) is 10.1. The van der Waals surface area contributed by atoms with Crippen molar-refractivity contribution in [2.75, 3.05) is 0 Å². The van der Waals surface area contributed by atoms with Crippen molar-refractivity contribution in [3.8, 4) is 39.5 Å². The van der Waals surface area contributed by atoms with Crippen molar-refractivity contribution < 1.29 is 10.6 Å². The highest BCUT2D eigenvalue weighted by molar-refractivity contribution is 5.95. The van der Waals surface area contributed by atoms with Crippen LogP contribution in [0.5, 0.6) is 5.75 Å². The van der Waals surface area contributed by atoms with Gasteiger partial charge in [0.25, 0.3) is 0 Å². The predicted octanol–water partition coefficient (Wildman–Crippen LogP) is 7.59. The van der Waals surface area contributed by atoms with Crippen LogP contribution in [0.1, 0.15) is 42.9 Å². The van der Waals surface area contributed by atoms with Gasteiger partial charge in [0.2, 0.25) is 0 Å². The lowest BCUT2D eigenvalue weighted by Crippen LogP contribution is -2.11. The third-order valence-corrected chi connectivity index (χ3v) is 6.45. The number of fused-ring (bicyclic) bond motifs is 1. The minimum atomic E-state index is -0.351. The maximum absolute atomic E-state index is 10.9. The number of nitrogens with zero attached hydrogens (tertiary/aromatic N) is 3. The molecule has 1 N–H and O–H groups in total. The van der Waals surface area contributed by atoms with Crippen molar-refractivity contribution in [3.05, 3.63) is 89.5 Å². The van der Waals surface area contributed by atoms with E-state index in [0.717, 1.165) is 38.9 Å². The van der Waals surface area contributed by atoms with Gasteiger partial charge in [0.1, 0.15) is 11.6 Å². The van der Waals surface area contributed by atoms with Gasteiger partial charge in [-0.2, -0.15) is 0 Å². The number of pyridine rings is 1. The Hall–Kier alpha value is -3.92. The lowest BCUT2D eigenvalue weighted by Gasteiger charge is -2.21. The third kappa shape index (κ3) is 4.10. The number of phenols is 1. The average Bonchev–Trinajstić information content (AvgIpc) is 3.22. The molecule has 4 nitrogen and oxygen atoms in total. The summed E-state index contributed by atoms with van der Waals surface area (Å²) < 4.78 is 34.6. The molecule has 4 heteroatoms. The highest BCUT2D eigenvalue weighted by atomic mass is 16.3. The molecule has 0 radical (unpaired) electrons. The molecule has 5 aromatic rings. The number of hydrogen-bond donors (Lipinski definition) is 1. The number of aromatic hydroxyl groups is 1. The van der Waals surface area contributed by atoms with Crippen LogP contribution in [0.25, 0.3) is 44.8 Å². The molecule has 35 heavy (non-hydrogen) atoms. The molecule has 0 fully saturated rings. The van der Waals surface area contributed by atoms with Crippen LogP contribution in [0.15, 0.2) is 72.8 Å². The molecule has 2 aromatic heterocycles. The largest absolute Gasteiger partial charge is 0.507 e. The number of phenolic OH excluding ortho intramolecular Hbond substituents is 1. The molecule has 0 spiro atoms. The maximum atomic E-state index is 10.9. The molecule has 5 rings (SSSR count). The minimum Gasteiger partial charge on any atom is -0.507 e. The summed E-state index contributed by atoms with van der Waals surface area (Å²) in [5, 5.41) is 10.9. The van der Waals surface area contributed by atoms with Crippen LogP contribution in [-0.4, -0.2) is 19.6 Å². The summed E-state index contributed by atoms with van der Waals surface area (Å²) in [4.78, 5) is 9.25. The first-order valence-electron chi connectivity index (χ1n) is 13.6. The molecule has 176 valence electrons.